The summed E-state index contributed by atoms with van der Waals surface area (Å²) in [6, 6.07) is 13.1. The SMILES string of the molecule is Cc1c(-c2nc(C3CCCC3)n(C)n2)nn(-c2ccc(Cl)cc2Cl)c1-c1ccc(Cl)cc1. The van der Waals surface area contributed by atoms with Crippen molar-refractivity contribution in [3.05, 3.63) is 68.9 Å². The monoisotopic (exact) mass is 485 g/mol. The first-order valence-electron chi connectivity index (χ1n) is 10.6. The van der Waals surface area contributed by atoms with Gasteiger partial charge in [-0.1, -0.05) is 59.8 Å². The van der Waals surface area contributed by atoms with Crippen LogP contribution in [0.25, 0.3) is 28.5 Å². The van der Waals surface area contributed by atoms with Gasteiger partial charge in [0.2, 0.25) is 5.82 Å². The highest BCUT2D eigenvalue weighted by Crippen LogP contribution is 2.37. The van der Waals surface area contributed by atoms with Crippen LogP contribution >= 0.6 is 34.8 Å². The molecule has 1 fully saturated rings. The third-order valence-electron chi connectivity index (χ3n) is 6.11. The largest absolute Gasteiger partial charge is 0.252 e. The third kappa shape index (κ3) is 3.83. The summed E-state index contributed by atoms with van der Waals surface area (Å²) < 4.78 is 3.75. The summed E-state index contributed by atoms with van der Waals surface area (Å²) in [4.78, 5) is 4.92. The normalized spacial score (nSPS) is 14.4. The summed E-state index contributed by atoms with van der Waals surface area (Å²) in [5.74, 6) is 2.13. The maximum Gasteiger partial charge on any atom is 0.202 e. The van der Waals surface area contributed by atoms with E-state index < -0.39 is 0 Å². The predicted octanol–water partition coefficient (Wildman–Crippen LogP) is 7.26. The van der Waals surface area contributed by atoms with Gasteiger partial charge in [0, 0.05) is 34.1 Å². The molecule has 2 aromatic carbocycles. The molecule has 0 aliphatic heterocycles. The Bertz CT molecular complexity index is 1280. The fourth-order valence-corrected chi connectivity index (χ4v) is 5.13. The van der Waals surface area contributed by atoms with Gasteiger partial charge >= 0.3 is 0 Å². The van der Waals surface area contributed by atoms with E-state index in [9.17, 15) is 0 Å². The number of halogens is 3. The molecule has 1 saturated carbocycles. The minimum atomic E-state index is 0.463. The molecule has 0 unspecified atom stereocenters. The van der Waals surface area contributed by atoms with Crippen LogP contribution in [-0.2, 0) is 7.05 Å². The molecule has 0 N–H and O–H groups in total. The molecule has 0 atom stereocenters. The number of hydrogen-bond donors (Lipinski definition) is 0. The van der Waals surface area contributed by atoms with Gasteiger partial charge in [-0.05, 0) is 50.1 Å². The number of aromatic nitrogens is 5. The Morgan fingerprint density at radius 1 is 0.906 bits per heavy atom. The Hall–Kier alpha value is -2.34. The molecule has 5 rings (SSSR count). The summed E-state index contributed by atoms with van der Waals surface area (Å²) >= 11 is 18.9. The number of hydrogen-bond acceptors (Lipinski definition) is 3. The van der Waals surface area contributed by atoms with Crippen LogP contribution in [0.4, 0.5) is 0 Å². The maximum absolute atomic E-state index is 6.57. The van der Waals surface area contributed by atoms with Crippen molar-refractivity contribution >= 4 is 34.8 Å². The molecule has 2 aromatic heterocycles. The lowest BCUT2D eigenvalue weighted by Crippen LogP contribution is -2.03. The Labute approximate surface area is 201 Å². The first kappa shape index (κ1) is 21.5. The van der Waals surface area contributed by atoms with E-state index in [0.29, 0.717) is 26.8 Å². The molecule has 164 valence electrons. The van der Waals surface area contributed by atoms with Crippen molar-refractivity contribution in [3.63, 3.8) is 0 Å². The van der Waals surface area contributed by atoms with E-state index >= 15 is 0 Å². The van der Waals surface area contributed by atoms with Gasteiger partial charge in [-0.15, -0.1) is 5.10 Å². The van der Waals surface area contributed by atoms with Crippen LogP contribution in [0.1, 0.15) is 43.0 Å². The van der Waals surface area contributed by atoms with Crippen molar-refractivity contribution in [2.24, 2.45) is 7.05 Å². The average molecular weight is 487 g/mol. The molecule has 0 spiro atoms. The molecule has 0 radical (unpaired) electrons. The van der Waals surface area contributed by atoms with Crippen LogP contribution in [0.2, 0.25) is 15.1 Å². The van der Waals surface area contributed by atoms with Gasteiger partial charge in [-0.2, -0.15) is 5.10 Å². The third-order valence-corrected chi connectivity index (χ3v) is 6.90. The average Bonchev–Trinajstić information content (AvgIpc) is 3.48. The zero-order chi connectivity index (χ0) is 22.4. The molecule has 8 heteroatoms. The highest BCUT2D eigenvalue weighted by atomic mass is 35.5. The van der Waals surface area contributed by atoms with Gasteiger partial charge in [0.25, 0.3) is 0 Å². The summed E-state index contributed by atoms with van der Waals surface area (Å²) in [6.07, 6.45) is 4.82. The predicted molar refractivity (Wildman–Crippen MR) is 130 cm³/mol. The lowest BCUT2D eigenvalue weighted by atomic mass is 10.1. The first-order chi connectivity index (χ1) is 15.4. The van der Waals surface area contributed by atoms with Crippen LogP contribution in [-0.4, -0.2) is 24.5 Å². The van der Waals surface area contributed by atoms with E-state index in [1.807, 2.05) is 59.7 Å². The summed E-state index contributed by atoms with van der Waals surface area (Å²) in [7, 11) is 1.96. The smallest absolute Gasteiger partial charge is 0.202 e. The van der Waals surface area contributed by atoms with Gasteiger partial charge in [0.05, 0.1) is 16.4 Å². The van der Waals surface area contributed by atoms with Crippen molar-refractivity contribution in [2.45, 2.75) is 38.5 Å². The van der Waals surface area contributed by atoms with Crippen LogP contribution in [0.3, 0.4) is 0 Å². The second-order valence-corrected chi connectivity index (χ2v) is 9.52. The minimum Gasteiger partial charge on any atom is -0.252 e. The lowest BCUT2D eigenvalue weighted by molar-refractivity contribution is 0.601. The van der Waals surface area contributed by atoms with Crippen LogP contribution in [0, 0.1) is 6.92 Å². The van der Waals surface area contributed by atoms with Crippen molar-refractivity contribution in [1.29, 1.82) is 0 Å². The molecule has 5 nitrogen and oxygen atoms in total. The van der Waals surface area contributed by atoms with Crippen LogP contribution in [0.15, 0.2) is 42.5 Å². The zero-order valence-electron chi connectivity index (χ0n) is 17.8. The van der Waals surface area contributed by atoms with Gasteiger partial charge in [-0.25, -0.2) is 9.67 Å². The molecular formula is C24H22Cl3N5. The Morgan fingerprint density at radius 2 is 1.59 bits per heavy atom. The van der Waals surface area contributed by atoms with Crippen LogP contribution in [0.5, 0.6) is 0 Å². The molecule has 32 heavy (non-hydrogen) atoms. The van der Waals surface area contributed by atoms with Gasteiger partial charge in [-0.3, -0.25) is 4.68 Å². The van der Waals surface area contributed by atoms with Crippen molar-refractivity contribution in [3.8, 4) is 28.5 Å². The van der Waals surface area contributed by atoms with E-state index in [1.165, 1.54) is 12.8 Å². The molecule has 1 aliphatic rings. The van der Waals surface area contributed by atoms with Gasteiger partial charge in [0.1, 0.15) is 11.5 Å². The van der Waals surface area contributed by atoms with Crippen LogP contribution < -0.4 is 0 Å². The number of nitrogens with zero attached hydrogens (tertiary/aromatic N) is 5. The number of aryl methyl sites for hydroxylation is 1. The van der Waals surface area contributed by atoms with E-state index in [0.717, 1.165) is 46.9 Å². The van der Waals surface area contributed by atoms with Crippen molar-refractivity contribution in [2.75, 3.05) is 0 Å². The Balaban J connectivity index is 1.70. The van der Waals surface area contributed by atoms with Gasteiger partial charge < -0.3 is 0 Å². The molecule has 0 bridgehead atoms. The second-order valence-electron chi connectivity index (χ2n) is 8.24. The summed E-state index contributed by atoms with van der Waals surface area (Å²) in [6.45, 7) is 2.04. The Morgan fingerprint density at radius 3 is 2.28 bits per heavy atom. The molecule has 0 saturated heterocycles. The first-order valence-corrected chi connectivity index (χ1v) is 11.8. The van der Waals surface area contributed by atoms with E-state index in [-0.39, 0.29) is 0 Å². The Kier molecular flexibility index (Phi) is 5.74. The summed E-state index contributed by atoms with van der Waals surface area (Å²) in [5.41, 5.74) is 4.34. The highest BCUT2D eigenvalue weighted by Gasteiger charge is 2.26. The maximum atomic E-state index is 6.57. The molecule has 1 aliphatic carbocycles. The molecular weight excluding hydrogens is 465 g/mol. The fourth-order valence-electron chi connectivity index (χ4n) is 4.52. The zero-order valence-corrected chi connectivity index (χ0v) is 20.1. The van der Waals surface area contributed by atoms with Crippen molar-refractivity contribution < 1.29 is 0 Å². The fraction of sp³-hybridized carbons (Fsp3) is 0.292. The second kappa shape index (κ2) is 8.54. The number of benzene rings is 2. The standard InChI is InChI=1S/C24H22Cl3N5/c1-14-21(23-28-24(31(2)30-23)16-5-3-4-6-16)29-32(20-12-11-18(26)13-19(20)27)22(14)15-7-9-17(25)10-8-15/h7-13,16H,3-6H2,1-2H3. The lowest BCUT2D eigenvalue weighted by Gasteiger charge is -2.11. The van der Waals surface area contributed by atoms with E-state index in [4.69, 9.17) is 50.0 Å². The topological polar surface area (TPSA) is 48.5 Å². The minimum absolute atomic E-state index is 0.463. The van der Waals surface area contributed by atoms with E-state index in [2.05, 4.69) is 0 Å². The van der Waals surface area contributed by atoms with E-state index in [1.54, 1.807) is 6.07 Å². The van der Waals surface area contributed by atoms with Gasteiger partial charge in [0.15, 0.2) is 0 Å². The molecule has 0 amide bonds. The molecule has 4 aromatic rings. The summed E-state index contributed by atoms with van der Waals surface area (Å²) in [5, 5.41) is 11.4. The van der Waals surface area contributed by atoms with Crippen molar-refractivity contribution in [1.82, 2.24) is 24.5 Å². The number of rotatable bonds is 4. The quantitative estimate of drug-likeness (QED) is 0.305. The highest BCUT2D eigenvalue weighted by molar-refractivity contribution is 6.35. The molecule has 2 heterocycles.